The van der Waals surface area contributed by atoms with Crippen LogP contribution in [-0.2, 0) is 14.3 Å². The van der Waals surface area contributed by atoms with E-state index in [1.54, 1.807) is 13.8 Å². The van der Waals surface area contributed by atoms with E-state index in [4.69, 9.17) is 16.3 Å². The number of imide groups is 1. The van der Waals surface area contributed by atoms with Gasteiger partial charge in [-0.1, -0.05) is 38.3 Å². The first-order chi connectivity index (χ1) is 15.1. The van der Waals surface area contributed by atoms with Crippen LogP contribution in [0.1, 0.15) is 49.9 Å². The van der Waals surface area contributed by atoms with Gasteiger partial charge in [0.15, 0.2) is 6.61 Å². The molecule has 0 spiro atoms. The molecule has 0 radical (unpaired) electrons. The molecule has 1 aromatic rings. The van der Waals surface area contributed by atoms with Crippen molar-refractivity contribution < 1.29 is 28.8 Å². The molecule has 0 unspecified atom stereocenters. The van der Waals surface area contributed by atoms with E-state index in [9.17, 15) is 29.3 Å². The quantitative estimate of drug-likeness (QED) is 0.300. The predicted octanol–water partition coefficient (Wildman–Crippen LogP) is 2.31. The van der Waals surface area contributed by atoms with E-state index in [2.05, 4.69) is 16.0 Å². The molecule has 1 atom stereocenters. The molecule has 174 valence electrons. The van der Waals surface area contributed by atoms with E-state index in [0.717, 1.165) is 31.7 Å². The maximum Gasteiger partial charge on any atom is 0.329 e. The molecule has 2 rings (SSSR count). The summed E-state index contributed by atoms with van der Waals surface area (Å²) < 4.78 is 4.94. The number of rotatable bonds is 8. The van der Waals surface area contributed by atoms with Crippen molar-refractivity contribution in [3.8, 4) is 0 Å². The van der Waals surface area contributed by atoms with Gasteiger partial charge in [0.1, 0.15) is 11.1 Å². The summed E-state index contributed by atoms with van der Waals surface area (Å²) in [5.74, 6) is -2.86. The number of esters is 1. The third-order valence-electron chi connectivity index (χ3n) is 4.90. The van der Waals surface area contributed by atoms with Crippen LogP contribution in [0.25, 0.3) is 0 Å². The standard InChI is InChI=1S/C20H25ClN4O7/c1-11(2)17(24-18(27)12-7-8-14(21)15(9-12)25(30)31)19(28)32-10-16(26)23-20(29)22-13-5-3-4-6-13/h7-9,11,13,17H,3-6,10H2,1-2H3,(H,24,27)(H2,22,23,26,29)/t17-/m0/s1. The minimum atomic E-state index is -1.13. The average molecular weight is 469 g/mol. The number of carbonyl (C=O) groups excluding carboxylic acids is 4. The zero-order valence-corrected chi connectivity index (χ0v) is 18.4. The van der Waals surface area contributed by atoms with Crippen LogP contribution in [0.2, 0.25) is 5.02 Å². The van der Waals surface area contributed by atoms with Gasteiger partial charge in [-0.25, -0.2) is 9.59 Å². The van der Waals surface area contributed by atoms with E-state index in [-0.39, 0.29) is 16.6 Å². The largest absolute Gasteiger partial charge is 0.454 e. The van der Waals surface area contributed by atoms with Gasteiger partial charge in [-0.3, -0.25) is 25.0 Å². The Morgan fingerprint density at radius 2 is 1.88 bits per heavy atom. The normalized spacial score (nSPS) is 14.5. The third-order valence-corrected chi connectivity index (χ3v) is 5.22. The molecule has 0 heterocycles. The number of ether oxygens (including phenoxy) is 1. The Balaban J connectivity index is 1.91. The van der Waals surface area contributed by atoms with Crippen LogP contribution in [0.5, 0.6) is 0 Å². The van der Waals surface area contributed by atoms with Crippen LogP contribution in [-0.4, -0.2) is 47.4 Å². The number of nitrogens with one attached hydrogen (secondary N) is 3. The van der Waals surface area contributed by atoms with Crippen molar-refractivity contribution in [2.45, 2.75) is 51.6 Å². The number of benzene rings is 1. The van der Waals surface area contributed by atoms with Crippen LogP contribution >= 0.6 is 11.6 Å². The lowest BCUT2D eigenvalue weighted by Gasteiger charge is -2.21. The Labute approximate surface area is 189 Å². The smallest absolute Gasteiger partial charge is 0.329 e. The third kappa shape index (κ3) is 7.19. The summed E-state index contributed by atoms with van der Waals surface area (Å²) >= 11 is 5.74. The number of halogens is 1. The number of urea groups is 1. The summed E-state index contributed by atoms with van der Waals surface area (Å²) in [5.41, 5.74) is -0.517. The maximum absolute atomic E-state index is 12.5. The van der Waals surface area contributed by atoms with Crippen molar-refractivity contribution in [2.24, 2.45) is 5.92 Å². The van der Waals surface area contributed by atoms with Crippen molar-refractivity contribution in [3.63, 3.8) is 0 Å². The van der Waals surface area contributed by atoms with Crippen LogP contribution in [0, 0.1) is 16.0 Å². The van der Waals surface area contributed by atoms with E-state index < -0.39 is 53.0 Å². The number of nitro groups is 1. The first kappa shape index (κ1) is 25.1. The highest BCUT2D eigenvalue weighted by Crippen LogP contribution is 2.25. The lowest BCUT2D eigenvalue weighted by atomic mass is 10.0. The fourth-order valence-electron chi connectivity index (χ4n) is 3.20. The van der Waals surface area contributed by atoms with Gasteiger partial charge in [0.05, 0.1) is 4.92 Å². The molecule has 0 saturated heterocycles. The van der Waals surface area contributed by atoms with Gasteiger partial charge in [-0.05, 0) is 30.9 Å². The van der Waals surface area contributed by atoms with Crippen LogP contribution < -0.4 is 16.0 Å². The lowest BCUT2D eigenvalue weighted by Crippen LogP contribution is -2.47. The van der Waals surface area contributed by atoms with Gasteiger partial charge in [-0.2, -0.15) is 0 Å². The molecule has 1 aliphatic carbocycles. The van der Waals surface area contributed by atoms with Crippen molar-refractivity contribution in [1.29, 1.82) is 0 Å². The first-order valence-electron chi connectivity index (χ1n) is 10.1. The fourth-order valence-corrected chi connectivity index (χ4v) is 3.38. The van der Waals surface area contributed by atoms with Gasteiger partial charge in [0, 0.05) is 17.7 Å². The number of nitrogens with zero attached hydrogens (tertiary/aromatic N) is 1. The zero-order chi connectivity index (χ0) is 23.8. The number of carbonyl (C=O) groups is 4. The van der Waals surface area contributed by atoms with Crippen LogP contribution in [0.3, 0.4) is 0 Å². The summed E-state index contributed by atoms with van der Waals surface area (Å²) in [5, 5.41) is 18.1. The second-order valence-electron chi connectivity index (χ2n) is 7.73. The van der Waals surface area contributed by atoms with Crippen molar-refractivity contribution in [2.75, 3.05) is 6.61 Å². The molecule has 3 N–H and O–H groups in total. The Morgan fingerprint density at radius 1 is 1.22 bits per heavy atom. The Morgan fingerprint density at radius 3 is 2.47 bits per heavy atom. The number of amides is 4. The van der Waals surface area contributed by atoms with E-state index in [1.165, 1.54) is 12.1 Å². The van der Waals surface area contributed by atoms with E-state index >= 15 is 0 Å². The molecule has 0 bridgehead atoms. The predicted molar refractivity (Wildman–Crippen MR) is 114 cm³/mol. The highest BCUT2D eigenvalue weighted by Gasteiger charge is 2.28. The topological polar surface area (TPSA) is 157 Å². The molecule has 0 aromatic heterocycles. The second-order valence-corrected chi connectivity index (χ2v) is 8.14. The molecule has 0 aliphatic heterocycles. The SMILES string of the molecule is CC(C)[C@H](NC(=O)c1ccc(Cl)c([N+](=O)[O-])c1)C(=O)OCC(=O)NC(=O)NC1CCCC1. The first-order valence-corrected chi connectivity index (χ1v) is 10.5. The zero-order valence-electron chi connectivity index (χ0n) is 17.7. The summed E-state index contributed by atoms with van der Waals surface area (Å²) in [6.45, 7) is 2.58. The molecule has 11 nitrogen and oxygen atoms in total. The van der Waals surface area contributed by atoms with Crippen LogP contribution in [0.15, 0.2) is 18.2 Å². The van der Waals surface area contributed by atoms with Gasteiger partial charge in [-0.15, -0.1) is 0 Å². The second kappa shape index (κ2) is 11.4. The van der Waals surface area contributed by atoms with Crippen LogP contribution in [0.4, 0.5) is 10.5 Å². The lowest BCUT2D eigenvalue weighted by molar-refractivity contribution is -0.384. The number of nitro benzene ring substituents is 1. The molecular formula is C20H25ClN4O7. The minimum absolute atomic E-state index is 0.0228. The summed E-state index contributed by atoms with van der Waals surface area (Å²) in [7, 11) is 0. The molecule has 32 heavy (non-hydrogen) atoms. The highest BCUT2D eigenvalue weighted by atomic mass is 35.5. The molecule has 1 saturated carbocycles. The van der Waals surface area contributed by atoms with Gasteiger partial charge < -0.3 is 15.4 Å². The monoisotopic (exact) mass is 468 g/mol. The Bertz CT molecular complexity index is 900. The molecule has 4 amide bonds. The number of hydrogen-bond donors (Lipinski definition) is 3. The molecule has 12 heteroatoms. The molecule has 1 fully saturated rings. The van der Waals surface area contributed by atoms with E-state index in [0.29, 0.717) is 0 Å². The Kier molecular flexibility index (Phi) is 8.94. The molecule has 1 aliphatic rings. The molecule has 1 aromatic carbocycles. The van der Waals surface area contributed by atoms with Crippen molar-refractivity contribution in [3.05, 3.63) is 38.9 Å². The summed E-state index contributed by atoms with van der Waals surface area (Å²) in [6, 6.07) is 1.72. The van der Waals surface area contributed by atoms with Gasteiger partial charge in [0.2, 0.25) is 0 Å². The Hall–Kier alpha value is -3.21. The van der Waals surface area contributed by atoms with Gasteiger partial charge >= 0.3 is 12.0 Å². The van der Waals surface area contributed by atoms with Crippen molar-refractivity contribution in [1.82, 2.24) is 16.0 Å². The molecular weight excluding hydrogens is 444 g/mol. The summed E-state index contributed by atoms with van der Waals surface area (Å²) in [4.78, 5) is 58.9. The average Bonchev–Trinajstić information content (AvgIpc) is 3.22. The van der Waals surface area contributed by atoms with Crippen molar-refractivity contribution >= 4 is 41.1 Å². The van der Waals surface area contributed by atoms with E-state index in [1.807, 2.05) is 0 Å². The highest BCUT2D eigenvalue weighted by molar-refractivity contribution is 6.32. The maximum atomic E-state index is 12.5. The minimum Gasteiger partial charge on any atom is -0.454 e. The van der Waals surface area contributed by atoms with Gasteiger partial charge in [0.25, 0.3) is 17.5 Å². The fraction of sp³-hybridized carbons (Fsp3) is 0.500. The summed E-state index contributed by atoms with van der Waals surface area (Å²) in [6.07, 6.45) is 3.73. The number of hydrogen-bond acceptors (Lipinski definition) is 7.